The average molecular weight is 379 g/mol. The van der Waals surface area contributed by atoms with Gasteiger partial charge in [-0.2, -0.15) is 0 Å². The summed E-state index contributed by atoms with van der Waals surface area (Å²) in [6.07, 6.45) is 1.71. The second-order valence-electron chi connectivity index (χ2n) is 7.33. The number of hydrogen-bond donors (Lipinski definition) is 0. The highest BCUT2D eigenvalue weighted by Crippen LogP contribution is 2.27. The molecule has 4 rings (SSSR count). The van der Waals surface area contributed by atoms with Crippen LogP contribution in [0, 0.1) is 25.6 Å². The molecule has 144 valence electrons. The summed E-state index contributed by atoms with van der Waals surface area (Å²) in [4.78, 5) is 19.2. The average Bonchev–Trinajstić information content (AvgIpc) is 3.28. The third kappa shape index (κ3) is 3.67. The summed E-state index contributed by atoms with van der Waals surface area (Å²) in [5.41, 5.74) is 4.02. The van der Waals surface area contributed by atoms with Crippen molar-refractivity contribution in [2.24, 2.45) is 5.92 Å². The molecule has 1 fully saturated rings. The van der Waals surface area contributed by atoms with Crippen LogP contribution in [0.2, 0.25) is 0 Å². The van der Waals surface area contributed by atoms with Crippen molar-refractivity contribution in [3.8, 4) is 11.3 Å². The van der Waals surface area contributed by atoms with Gasteiger partial charge in [0.1, 0.15) is 11.6 Å². The highest BCUT2D eigenvalue weighted by Gasteiger charge is 2.27. The smallest absolute Gasteiger partial charge is 0.253 e. The summed E-state index contributed by atoms with van der Waals surface area (Å²) in [6, 6.07) is 11.8. The number of aromatic nitrogens is 2. The fourth-order valence-electron chi connectivity index (χ4n) is 3.86. The number of likely N-dealkylation sites (tertiary alicyclic amines) is 1. The molecule has 0 radical (unpaired) electrons. The Morgan fingerprint density at radius 1 is 1.25 bits per heavy atom. The molecule has 0 saturated carbocycles. The van der Waals surface area contributed by atoms with Gasteiger partial charge in [-0.3, -0.25) is 9.78 Å². The number of rotatable bonds is 4. The molecule has 0 unspecified atom stereocenters. The lowest BCUT2D eigenvalue weighted by atomic mass is 10.0. The molecule has 1 atom stereocenters. The van der Waals surface area contributed by atoms with Gasteiger partial charge in [0.2, 0.25) is 0 Å². The van der Waals surface area contributed by atoms with Crippen molar-refractivity contribution in [1.82, 2.24) is 15.0 Å². The van der Waals surface area contributed by atoms with Gasteiger partial charge in [-0.15, -0.1) is 0 Å². The molecule has 1 aromatic carbocycles. The molecule has 2 aromatic heterocycles. The van der Waals surface area contributed by atoms with Crippen LogP contribution in [0.25, 0.3) is 11.3 Å². The topological polar surface area (TPSA) is 59.2 Å². The molecular formula is C22H22FN3O2. The summed E-state index contributed by atoms with van der Waals surface area (Å²) >= 11 is 0. The number of nitrogens with zero attached hydrogens (tertiary/aromatic N) is 3. The van der Waals surface area contributed by atoms with Gasteiger partial charge >= 0.3 is 0 Å². The van der Waals surface area contributed by atoms with E-state index in [1.165, 1.54) is 12.1 Å². The van der Waals surface area contributed by atoms with Gasteiger partial charge in [-0.25, -0.2) is 4.39 Å². The summed E-state index contributed by atoms with van der Waals surface area (Å²) in [5, 5.41) is 4.00. The molecule has 0 bridgehead atoms. The normalized spacial score (nSPS) is 16.5. The van der Waals surface area contributed by atoms with Crippen molar-refractivity contribution in [3.63, 3.8) is 0 Å². The van der Waals surface area contributed by atoms with E-state index in [1.807, 2.05) is 32.0 Å². The number of benzene rings is 1. The van der Waals surface area contributed by atoms with Crippen molar-refractivity contribution in [2.75, 3.05) is 13.1 Å². The highest BCUT2D eigenvalue weighted by atomic mass is 19.1. The van der Waals surface area contributed by atoms with Crippen molar-refractivity contribution in [1.29, 1.82) is 0 Å². The van der Waals surface area contributed by atoms with Crippen molar-refractivity contribution >= 4 is 5.91 Å². The first-order valence-electron chi connectivity index (χ1n) is 9.45. The lowest BCUT2D eigenvalue weighted by Gasteiger charge is -2.16. The van der Waals surface area contributed by atoms with E-state index in [9.17, 15) is 9.18 Å². The van der Waals surface area contributed by atoms with E-state index < -0.39 is 0 Å². The standard InChI is InChI=1S/C22H22FN3O2/c1-14-21(15(2)28-25-14)20-8-4-7-19(24-20)11-16-9-10-26(13-16)22(27)17-5-3-6-18(23)12-17/h3-8,12,16H,9-11,13H2,1-2H3/t16-/m1/s1. The Morgan fingerprint density at radius 3 is 2.82 bits per heavy atom. The quantitative estimate of drug-likeness (QED) is 0.682. The molecule has 3 aromatic rings. The van der Waals surface area contributed by atoms with E-state index in [1.54, 1.807) is 17.0 Å². The lowest BCUT2D eigenvalue weighted by Crippen LogP contribution is -2.29. The van der Waals surface area contributed by atoms with Crippen LogP contribution < -0.4 is 0 Å². The van der Waals surface area contributed by atoms with Gasteiger partial charge in [-0.1, -0.05) is 17.3 Å². The van der Waals surface area contributed by atoms with Crippen LogP contribution in [0.1, 0.15) is 33.9 Å². The third-order valence-electron chi connectivity index (χ3n) is 5.24. The number of aryl methyl sites for hydroxylation is 2. The minimum absolute atomic E-state index is 0.112. The first-order valence-corrected chi connectivity index (χ1v) is 9.45. The van der Waals surface area contributed by atoms with Crippen LogP contribution in [0.4, 0.5) is 4.39 Å². The maximum absolute atomic E-state index is 13.4. The maximum atomic E-state index is 13.4. The molecule has 5 nitrogen and oxygen atoms in total. The third-order valence-corrected chi connectivity index (χ3v) is 5.24. The Hall–Kier alpha value is -3.02. The number of amides is 1. The molecule has 28 heavy (non-hydrogen) atoms. The molecule has 1 aliphatic rings. The zero-order chi connectivity index (χ0) is 19.7. The maximum Gasteiger partial charge on any atom is 0.253 e. The van der Waals surface area contributed by atoms with Crippen LogP contribution in [0.5, 0.6) is 0 Å². The molecule has 1 aliphatic heterocycles. The van der Waals surface area contributed by atoms with E-state index in [0.717, 1.165) is 41.2 Å². The van der Waals surface area contributed by atoms with Crippen LogP contribution in [0.3, 0.4) is 0 Å². The number of pyridine rings is 1. The van der Waals surface area contributed by atoms with Crippen LogP contribution in [-0.4, -0.2) is 34.0 Å². The van der Waals surface area contributed by atoms with E-state index in [-0.39, 0.29) is 11.7 Å². The van der Waals surface area contributed by atoms with Crippen LogP contribution in [0.15, 0.2) is 47.0 Å². The molecular weight excluding hydrogens is 357 g/mol. The van der Waals surface area contributed by atoms with E-state index in [0.29, 0.717) is 24.6 Å². The molecule has 0 N–H and O–H groups in total. The highest BCUT2D eigenvalue weighted by molar-refractivity contribution is 5.94. The van der Waals surface area contributed by atoms with E-state index >= 15 is 0 Å². The molecule has 0 spiro atoms. The Bertz CT molecular complexity index is 995. The minimum atomic E-state index is -0.387. The summed E-state index contributed by atoms with van der Waals surface area (Å²) < 4.78 is 18.7. The lowest BCUT2D eigenvalue weighted by molar-refractivity contribution is 0.0786. The van der Waals surface area contributed by atoms with Crippen molar-refractivity contribution in [2.45, 2.75) is 26.7 Å². The first-order chi connectivity index (χ1) is 13.5. The summed E-state index contributed by atoms with van der Waals surface area (Å²) in [6.45, 7) is 5.14. The van der Waals surface area contributed by atoms with Crippen LogP contribution in [-0.2, 0) is 6.42 Å². The van der Waals surface area contributed by atoms with Gasteiger partial charge in [-0.05, 0) is 62.9 Å². The Kier molecular flexibility index (Phi) is 4.94. The predicted molar refractivity (Wildman–Crippen MR) is 103 cm³/mol. The zero-order valence-electron chi connectivity index (χ0n) is 16.0. The second-order valence-corrected chi connectivity index (χ2v) is 7.33. The molecule has 0 aliphatic carbocycles. The number of carbonyl (C=O) groups excluding carboxylic acids is 1. The zero-order valence-corrected chi connectivity index (χ0v) is 16.0. The van der Waals surface area contributed by atoms with E-state index in [2.05, 4.69) is 5.16 Å². The number of hydrogen-bond acceptors (Lipinski definition) is 4. The minimum Gasteiger partial charge on any atom is -0.361 e. The van der Waals surface area contributed by atoms with Gasteiger partial charge in [0, 0.05) is 24.3 Å². The Labute approximate surface area is 163 Å². The molecule has 1 saturated heterocycles. The summed E-state index contributed by atoms with van der Waals surface area (Å²) in [7, 11) is 0. The first kappa shape index (κ1) is 18.3. The van der Waals surface area contributed by atoms with Crippen molar-refractivity contribution < 1.29 is 13.7 Å². The van der Waals surface area contributed by atoms with Gasteiger partial charge < -0.3 is 9.42 Å². The Morgan fingerprint density at radius 2 is 2.07 bits per heavy atom. The fraction of sp³-hybridized carbons (Fsp3) is 0.318. The number of halogens is 1. The largest absolute Gasteiger partial charge is 0.361 e. The van der Waals surface area contributed by atoms with Crippen molar-refractivity contribution in [3.05, 3.63) is 71.0 Å². The molecule has 6 heteroatoms. The molecule has 1 amide bonds. The Balaban J connectivity index is 1.45. The van der Waals surface area contributed by atoms with E-state index in [4.69, 9.17) is 9.51 Å². The predicted octanol–water partition coefficient (Wildman–Crippen LogP) is 4.20. The fourth-order valence-corrected chi connectivity index (χ4v) is 3.86. The van der Waals surface area contributed by atoms with Crippen LogP contribution >= 0.6 is 0 Å². The SMILES string of the molecule is Cc1noc(C)c1-c1cccc(C[C@H]2CCN(C(=O)c3cccc(F)c3)C2)n1. The molecule has 3 heterocycles. The van der Waals surface area contributed by atoms with Gasteiger partial charge in [0.25, 0.3) is 5.91 Å². The monoisotopic (exact) mass is 379 g/mol. The number of carbonyl (C=O) groups is 1. The van der Waals surface area contributed by atoms with Gasteiger partial charge in [0.15, 0.2) is 0 Å². The second kappa shape index (κ2) is 7.54. The summed E-state index contributed by atoms with van der Waals surface area (Å²) in [5.74, 6) is 0.598. The van der Waals surface area contributed by atoms with Gasteiger partial charge in [0.05, 0.1) is 17.0 Å².